The van der Waals surface area contributed by atoms with Crippen LogP contribution < -0.4 is 5.32 Å². The van der Waals surface area contributed by atoms with Gasteiger partial charge in [0.15, 0.2) is 0 Å². The van der Waals surface area contributed by atoms with E-state index in [1.807, 2.05) is 48.5 Å². The van der Waals surface area contributed by atoms with Gasteiger partial charge in [0.2, 0.25) is 5.91 Å². The molecule has 182 valence electrons. The van der Waals surface area contributed by atoms with E-state index >= 15 is 0 Å². The number of benzene rings is 2. The number of alkyl carbamates (subject to hydrolysis) is 1. The second-order valence-electron chi connectivity index (χ2n) is 9.03. The highest BCUT2D eigenvalue weighted by Crippen LogP contribution is 2.55. The van der Waals surface area contributed by atoms with Crippen molar-refractivity contribution in [2.45, 2.75) is 18.3 Å². The van der Waals surface area contributed by atoms with Crippen molar-refractivity contribution in [1.82, 2.24) is 10.2 Å². The number of carboxylic acids is 1. The molecule has 0 saturated heterocycles. The van der Waals surface area contributed by atoms with Crippen molar-refractivity contribution >= 4 is 18.0 Å². The average molecular weight is 482 g/mol. The number of hydrogen-bond acceptors (Lipinski definition) is 4. The Morgan fingerprint density at radius 3 is 2.26 bits per heavy atom. The quantitative estimate of drug-likeness (QED) is 0.656. The molecule has 35 heavy (non-hydrogen) atoms. The van der Waals surface area contributed by atoms with Gasteiger partial charge in [-0.05, 0) is 28.7 Å². The first-order chi connectivity index (χ1) is 16.8. The molecule has 5 rings (SSSR count). The molecule has 7 nitrogen and oxygen atoms in total. The van der Waals surface area contributed by atoms with E-state index in [2.05, 4.69) is 5.32 Å². The van der Waals surface area contributed by atoms with Crippen LogP contribution in [0.1, 0.15) is 23.5 Å². The molecule has 2 atom stereocenters. The van der Waals surface area contributed by atoms with Gasteiger partial charge in [-0.2, -0.15) is 0 Å². The van der Waals surface area contributed by atoms with E-state index in [1.165, 1.54) is 11.0 Å². The number of alkyl halides is 2. The Labute approximate surface area is 200 Å². The predicted octanol–water partition coefficient (Wildman–Crippen LogP) is 3.65. The highest BCUT2D eigenvalue weighted by Gasteiger charge is 2.72. The minimum absolute atomic E-state index is 0.0143. The molecule has 0 radical (unpaired) electrons. The molecule has 2 aliphatic carbocycles. The molecule has 0 bridgehead atoms. The number of amides is 2. The van der Waals surface area contributed by atoms with Crippen LogP contribution in [0.5, 0.6) is 0 Å². The summed E-state index contributed by atoms with van der Waals surface area (Å²) in [7, 11) is 0. The van der Waals surface area contributed by atoms with Gasteiger partial charge in [-0.25, -0.2) is 18.4 Å². The second kappa shape index (κ2) is 8.79. The van der Waals surface area contributed by atoms with E-state index in [1.54, 1.807) is 0 Å². The predicted molar refractivity (Wildman–Crippen MR) is 122 cm³/mol. The lowest BCUT2D eigenvalue weighted by molar-refractivity contribution is -0.136. The Morgan fingerprint density at radius 2 is 1.69 bits per heavy atom. The molecule has 1 aliphatic heterocycles. The summed E-state index contributed by atoms with van der Waals surface area (Å²) in [6, 6.07) is 15.7. The number of hydrogen-bond donors (Lipinski definition) is 2. The number of nitrogens with one attached hydrogen (secondary N) is 1. The standard InChI is InChI=1S/C26H24F2N2O5/c27-26(28)21(22(26)23(31)30-11-9-15(10-12-30)24(32)33)13-29-25(34)35-14-20-18-7-3-1-5-16(18)17-6-2-4-8-19(17)20/h1-9,20-22H,10-14H2,(H,29,34)(H,32,33). The molecule has 2 aromatic rings. The number of aliphatic carboxylic acids is 1. The van der Waals surface area contributed by atoms with Crippen molar-refractivity contribution in [2.75, 3.05) is 26.2 Å². The number of carboxylic acid groups (broad SMARTS) is 1. The molecule has 3 aliphatic rings. The molecule has 1 heterocycles. The fourth-order valence-electron chi connectivity index (χ4n) is 5.08. The summed E-state index contributed by atoms with van der Waals surface area (Å²) in [4.78, 5) is 37.1. The molecule has 9 heteroatoms. The Balaban J connectivity index is 1.15. The van der Waals surface area contributed by atoms with Gasteiger partial charge < -0.3 is 20.1 Å². The van der Waals surface area contributed by atoms with E-state index in [0.717, 1.165) is 22.3 Å². The normalized spacial score (nSPS) is 22.0. The van der Waals surface area contributed by atoms with Crippen molar-refractivity contribution in [1.29, 1.82) is 0 Å². The van der Waals surface area contributed by atoms with Crippen molar-refractivity contribution in [3.8, 4) is 11.1 Å². The Bertz CT molecular complexity index is 1180. The largest absolute Gasteiger partial charge is 0.478 e. The van der Waals surface area contributed by atoms with Gasteiger partial charge in [0.1, 0.15) is 12.5 Å². The summed E-state index contributed by atoms with van der Waals surface area (Å²) in [6.07, 6.45) is 0.670. The first kappa shape index (κ1) is 23.0. The fraction of sp³-hybridized carbons (Fsp3) is 0.346. The number of carbonyl (C=O) groups is 3. The highest BCUT2D eigenvalue weighted by molar-refractivity contribution is 5.88. The molecular weight excluding hydrogens is 458 g/mol. The SMILES string of the molecule is O=C(NCC1C(C(=O)N2CC=C(C(=O)O)CC2)C1(F)F)OCC1c2ccccc2-c2ccccc21. The van der Waals surface area contributed by atoms with Crippen LogP contribution in [-0.4, -0.2) is 60.1 Å². The van der Waals surface area contributed by atoms with Crippen LogP contribution in [0.3, 0.4) is 0 Å². The molecule has 2 aromatic carbocycles. The third kappa shape index (κ3) is 4.15. The van der Waals surface area contributed by atoms with Gasteiger partial charge in [-0.3, -0.25) is 4.79 Å². The fourth-order valence-corrected chi connectivity index (χ4v) is 5.08. The Kier molecular flexibility index (Phi) is 5.78. The van der Waals surface area contributed by atoms with Gasteiger partial charge in [0.25, 0.3) is 5.92 Å². The van der Waals surface area contributed by atoms with Gasteiger partial charge in [0, 0.05) is 31.1 Å². The second-order valence-corrected chi connectivity index (χ2v) is 9.03. The van der Waals surface area contributed by atoms with Crippen LogP contribution in [0.2, 0.25) is 0 Å². The number of nitrogens with zero attached hydrogens (tertiary/aromatic N) is 1. The van der Waals surface area contributed by atoms with Crippen LogP contribution in [0.4, 0.5) is 13.6 Å². The van der Waals surface area contributed by atoms with Gasteiger partial charge in [-0.15, -0.1) is 0 Å². The zero-order valence-corrected chi connectivity index (χ0v) is 18.7. The molecule has 2 N–H and O–H groups in total. The molecule has 0 spiro atoms. The Morgan fingerprint density at radius 1 is 1.06 bits per heavy atom. The number of carbonyl (C=O) groups excluding carboxylic acids is 2. The van der Waals surface area contributed by atoms with E-state index < -0.39 is 35.7 Å². The number of fused-ring (bicyclic) bond motifs is 3. The minimum Gasteiger partial charge on any atom is -0.478 e. The van der Waals surface area contributed by atoms with Crippen LogP contribution >= 0.6 is 0 Å². The van der Waals surface area contributed by atoms with E-state index in [-0.39, 0.29) is 44.2 Å². The molecule has 2 unspecified atom stereocenters. The van der Waals surface area contributed by atoms with Crippen molar-refractivity contribution in [3.63, 3.8) is 0 Å². The summed E-state index contributed by atoms with van der Waals surface area (Å²) < 4.78 is 34.0. The smallest absolute Gasteiger partial charge is 0.407 e. The lowest BCUT2D eigenvalue weighted by Gasteiger charge is -2.25. The lowest BCUT2D eigenvalue weighted by Crippen LogP contribution is -2.38. The summed E-state index contributed by atoms with van der Waals surface area (Å²) in [5.74, 6) is -8.02. The molecule has 2 amide bonds. The van der Waals surface area contributed by atoms with Crippen LogP contribution in [0.25, 0.3) is 11.1 Å². The van der Waals surface area contributed by atoms with Crippen molar-refractivity contribution < 1.29 is 33.0 Å². The third-order valence-corrected chi connectivity index (χ3v) is 7.07. The van der Waals surface area contributed by atoms with Gasteiger partial charge >= 0.3 is 12.1 Å². The first-order valence-electron chi connectivity index (χ1n) is 11.5. The van der Waals surface area contributed by atoms with Gasteiger partial charge in [-0.1, -0.05) is 54.6 Å². The van der Waals surface area contributed by atoms with Crippen molar-refractivity contribution in [3.05, 3.63) is 71.3 Å². The minimum atomic E-state index is -3.23. The van der Waals surface area contributed by atoms with Gasteiger partial charge in [0.05, 0.1) is 5.92 Å². The van der Waals surface area contributed by atoms with Crippen LogP contribution in [0.15, 0.2) is 60.2 Å². The van der Waals surface area contributed by atoms with Crippen LogP contribution in [-0.2, 0) is 14.3 Å². The summed E-state index contributed by atoms with van der Waals surface area (Å²) in [5.41, 5.74) is 4.42. The maximum atomic E-state index is 14.3. The number of ether oxygens (including phenoxy) is 1. The molecule has 1 fully saturated rings. The third-order valence-electron chi connectivity index (χ3n) is 7.07. The topological polar surface area (TPSA) is 95.9 Å². The zero-order chi connectivity index (χ0) is 24.7. The maximum absolute atomic E-state index is 14.3. The summed E-state index contributed by atoms with van der Waals surface area (Å²) in [6.45, 7) is -0.255. The van der Waals surface area contributed by atoms with E-state index in [0.29, 0.717) is 0 Å². The molecular formula is C26H24F2N2O5. The molecule has 1 saturated carbocycles. The highest BCUT2D eigenvalue weighted by atomic mass is 19.3. The summed E-state index contributed by atoms with van der Waals surface area (Å²) >= 11 is 0. The Hall–Kier alpha value is -3.75. The van der Waals surface area contributed by atoms with E-state index in [9.17, 15) is 23.2 Å². The average Bonchev–Trinajstić information content (AvgIpc) is 3.26. The summed E-state index contributed by atoms with van der Waals surface area (Å²) in [5, 5.41) is 11.4. The number of halogens is 2. The van der Waals surface area contributed by atoms with E-state index in [4.69, 9.17) is 9.84 Å². The maximum Gasteiger partial charge on any atom is 0.407 e. The van der Waals surface area contributed by atoms with Crippen LogP contribution in [0, 0.1) is 11.8 Å². The lowest BCUT2D eigenvalue weighted by atomic mass is 9.98. The van der Waals surface area contributed by atoms with Crippen molar-refractivity contribution in [2.24, 2.45) is 11.8 Å². The molecule has 0 aromatic heterocycles. The monoisotopic (exact) mass is 482 g/mol. The zero-order valence-electron chi connectivity index (χ0n) is 18.7. The first-order valence-corrected chi connectivity index (χ1v) is 11.5. The number of rotatable bonds is 6.